The number of carbonyl (C=O) groups is 1. The van der Waals surface area contributed by atoms with E-state index in [9.17, 15) is 4.79 Å². The molecular formula is C15H19N3O. The molecule has 1 heterocycles. The van der Waals surface area contributed by atoms with Crippen molar-refractivity contribution >= 4 is 5.91 Å². The van der Waals surface area contributed by atoms with Crippen molar-refractivity contribution in [3.63, 3.8) is 0 Å². The molecule has 0 aliphatic heterocycles. The lowest BCUT2D eigenvalue weighted by Crippen LogP contribution is -2.22. The van der Waals surface area contributed by atoms with E-state index < -0.39 is 0 Å². The second-order valence-corrected chi connectivity index (χ2v) is 4.78. The molecule has 1 N–H and O–H groups in total. The van der Waals surface area contributed by atoms with E-state index in [1.54, 1.807) is 10.9 Å². The molecule has 100 valence electrons. The molecule has 0 aliphatic carbocycles. The summed E-state index contributed by atoms with van der Waals surface area (Å²) in [6.45, 7) is 2.60. The van der Waals surface area contributed by atoms with Gasteiger partial charge in [-0.1, -0.05) is 29.8 Å². The minimum Gasteiger partial charge on any atom is -0.352 e. The second kappa shape index (κ2) is 6.18. The molecule has 2 aromatic rings. The number of nitrogens with zero attached hydrogens (tertiary/aromatic N) is 2. The van der Waals surface area contributed by atoms with Crippen molar-refractivity contribution in [3.05, 3.63) is 53.3 Å². The summed E-state index contributed by atoms with van der Waals surface area (Å²) in [4.78, 5) is 11.7. The van der Waals surface area contributed by atoms with Crippen LogP contribution in [0.15, 0.2) is 36.7 Å². The number of amides is 1. The summed E-state index contributed by atoms with van der Waals surface area (Å²) in [5, 5.41) is 6.96. The first-order chi connectivity index (χ1) is 9.13. The van der Waals surface area contributed by atoms with Gasteiger partial charge in [0.25, 0.3) is 0 Å². The van der Waals surface area contributed by atoms with Crippen LogP contribution in [-0.2, 0) is 24.8 Å². The SMILES string of the molecule is Cc1ccc(CCC(=O)NCc2cnn(C)c2)cc1. The highest BCUT2D eigenvalue weighted by Gasteiger charge is 2.03. The summed E-state index contributed by atoms with van der Waals surface area (Å²) < 4.78 is 1.73. The van der Waals surface area contributed by atoms with Crippen LogP contribution in [0.3, 0.4) is 0 Å². The molecule has 0 atom stereocenters. The number of nitrogens with one attached hydrogen (secondary N) is 1. The predicted molar refractivity (Wildman–Crippen MR) is 74.6 cm³/mol. The molecule has 0 saturated carbocycles. The second-order valence-electron chi connectivity index (χ2n) is 4.78. The van der Waals surface area contributed by atoms with Gasteiger partial charge in [0, 0.05) is 31.8 Å². The van der Waals surface area contributed by atoms with E-state index in [2.05, 4.69) is 41.6 Å². The van der Waals surface area contributed by atoms with E-state index in [1.165, 1.54) is 11.1 Å². The van der Waals surface area contributed by atoms with Crippen molar-refractivity contribution in [2.45, 2.75) is 26.3 Å². The summed E-state index contributed by atoms with van der Waals surface area (Å²) in [6.07, 6.45) is 4.96. The van der Waals surface area contributed by atoms with E-state index in [0.717, 1.165) is 12.0 Å². The molecule has 1 amide bonds. The van der Waals surface area contributed by atoms with E-state index in [1.807, 2.05) is 13.2 Å². The molecule has 0 bridgehead atoms. The highest BCUT2D eigenvalue weighted by atomic mass is 16.1. The van der Waals surface area contributed by atoms with E-state index in [0.29, 0.717) is 13.0 Å². The third-order valence-corrected chi connectivity index (χ3v) is 3.01. The zero-order valence-corrected chi connectivity index (χ0v) is 11.4. The summed E-state index contributed by atoms with van der Waals surface area (Å²) in [7, 11) is 1.86. The van der Waals surface area contributed by atoms with Crippen LogP contribution in [0.4, 0.5) is 0 Å². The first-order valence-corrected chi connectivity index (χ1v) is 6.43. The van der Waals surface area contributed by atoms with Crippen molar-refractivity contribution in [2.75, 3.05) is 0 Å². The van der Waals surface area contributed by atoms with Gasteiger partial charge in [-0.2, -0.15) is 5.10 Å². The molecule has 0 radical (unpaired) electrons. The topological polar surface area (TPSA) is 46.9 Å². The van der Waals surface area contributed by atoms with Crippen LogP contribution in [0.2, 0.25) is 0 Å². The number of benzene rings is 1. The lowest BCUT2D eigenvalue weighted by molar-refractivity contribution is -0.121. The zero-order valence-electron chi connectivity index (χ0n) is 11.4. The Balaban J connectivity index is 1.74. The van der Waals surface area contributed by atoms with Crippen molar-refractivity contribution in [1.82, 2.24) is 15.1 Å². The van der Waals surface area contributed by atoms with Gasteiger partial charge in [0.05, 0.1) is 6.20 Å². The Kier molecular flexibility index (Phi) is 4.34. The van der Waals surface area contributed by atoms with Crippen LogP contribution in [0.25, 0.3) is 0 Å². The lowest BCUT2D eigenvalue weighted by atomic mass is 10.1. The van der Waals surface area contributed by atoms with Crippen LogP contribution in [-0.4, -0.2) is 15.7 Å². The predicted octanol–water partition coefficient (Wildman–Crippen LogP) is 1.98. The van der Waals surface area contributed by atoms with Crippen molar-refractivity contribution in [1.29, 1.82) is 0 Å². The Morgan fingerprint density at radius 1 is 1.26 bits per heavy atom. The summed E-state index contributed by atoms with van der Waals surface area (Å²) in [6, 6.07) is 8.29. The molecule has 0 spiro atoms. The molecule has 1 aromatic heterocycles. The van der Waals surface area contributed by atoms with Crippen LogP contribution in [0, 0.1) is 6.92 Å². The zero-order chi connectivity index (χ0) is 13.7. The Labute approximate surface area is 113 Å². The van der Waals surface area contributed by atoms with E-state index in [-0.39, 0.29) is 5.91 Å². The number of aromatic nitrogens is 2. The average Bonchev–Trinajstić information content (AvgIpc) is 2.81. The lowest BCUT2D eigenvalue weighted by Gasteiger charge is -2.04. The van der Waals surface area contributed by atoms with E-state index in [4.69, 9.17) is 0 Å². The number of rotatable bonds is 5. The van der Waals surface area contributed by atoms with Gasteiger partial charge in [-0.25, -0.2) is 0 Å². The Morgan fingerprint density at radius 3 is 2.63 bits per heavy atom. The monoisotopic (exact) mass is 257 g/mol. The van der Waals surface area contributed by atoms with Gasteiger partial charge in [0.15, 0.2) is 0 Å². The first kappa shape index (κ1) is 13.3. The highest BCUT2D eigenvalue weighted by molar-refractivity contribution is 5.76. The third-order valence-electron chi connectivity index (χ3n) is 3.01. The number of hydrogen-bond acceptors (Lipinski definition) is 2. The van der Waals surface area contributed by atoms with Gasteiger partial charge in [-0.3, -0.25) is 9.48 Å². The van der Waals surface area contributed by atoms with Crippen LogP contribution >= 0.6 is 0 Å². The summed E-state index contributed by atoms with van der Waals surface area (Å²) >= 11 is 0. The van der Waals surface area contributed by atoms with Gasteiger partial charge in [0.2, 0.25) is 5.91 Å². The fourth-order valence-corrected chi connectivity index (χ4v) is 1.86. The molecule has 0 fully saturated rings. The van der Waals surface area contributed by atoms with Gasteiger partial charge >= 0.3 is 0 Å². The standard InChI is InChI=1S/C15H19N3O/c1-12-3-5-13(6-4-12)7-8-15(19)16-9-14-10-17-18(2)11-14/h3-6,10-11H,7-9H2,1-2H3,(H,16,19). The third kappa shape index (κ3) is 4.25. The minimum atomic E-state index is 0.0735. The number of hydrogen-bond donors (Lipinski definition) is 1. The van der Waals surface area contributed by atoms with Crippen LogP contribution < -0.4 is 5.32 Å². The Bertz CT molecular complexity index is 543. The van der Waals surface area contributed by atoms with Gasteiger partial charge < -0.3 is 5.32 Å². The Morgan fingerprint density at radius 2 is 2.00 bits per heavy atom. The van der Waals surface area contributed by atoms with Gasteiger partial charge in [-0.05, 0) is 18.9 Å². The number of carbonyl (C=O) groups excluding carboxylic acids is 1. The first-order valence-electron chi connectivity index (χ1n) is 6.43. The quantitative estimate of drug-likeness (QED) is 0.890. The molecule has 4 heteroatoms. The van der Waals surface area contributed by atoms with Gasteiger partial charge in [-0.15, -0.1) is 0 Å². The van der Waals surface area contributed by atoms with Crippen LogP contribution in [0.5, 0.6) is 0 Å². The fourth-order valence-electron chi connectivity index (χ4n) is 1.86. The molecule has 2 rings (SSSR count). The minimum absolute atomic E-state index is 0.0735. The molecule has 0 unspecified atom stereocenters. The normalized spacial score (nSPS) is 10.4. The van der Waals surface area contributed by atoms with Crippen molar-refractivity contribution in [2.24, 2.45) is 7.05 Å². The maximum Gasteiger partial charge on any atom is 0.220 e. The molecule has 0 aliphatic rings. The molecular weight excluding hydrogens is 238 g/mol. The fraction of sp³-hybridized carbons (Fsp3) is 0.333. The number of aryl methyl sites for hydroxylation is 3. The smallest absolute Gasteiger partial charge is 0.220 e. The van der Waals surface area contributed by atoms with Crippen LogP contribution in [0.1, 0.15) is 23.1 Å². The summed E-state index contributed by atoms with van der Waals surface area (Å²) in [5.41, 5.74) is 3.46. The van der Waals surface area contributed by atoms with Crippen molar-refractivity contribution in [3.8, 4) is 0 Å². The maximum absolute atomic E-state index is 11.7. The maximum atomic E-state index is 11.7. The summed E-state index contributed by atoms with van der Waals surface area (Å²) in [5.74, 6) is 0.0735. The highest BCUT2D eigenvalue weighted by Crippen LogP contribution is 2.05. The molecule has 1 aromatic carbocycles. The largest absolute Gasteiger partial charge is 0.352 e. The molecule has 19 heavy (non-hydrogen) atoms. The van der Waals surface area contributed by atoms with Gasteiger partial charge in [0.1, 0.15) is 0 Å². The van der Waals surface area contributed by atoms with Crippen molar-refractivity contribution < 1.29 is 4.79 Å². The molecule has 4 nitrogen and oxygen atoms in total. The Hall–Kier alpha value is -2.10. The molecule has 0 saturated heterocycles. The van der Waals surface area contributed by atoms with E-state index >= 15 is 0 Å². The average molecular weight is 257 g/mol.